The molecule has 1 aliphatic heterocycles. The second-order valence-electron chi connectivity index (χ2n) is 9.45. The van der Waals surface area contributed by atoms with Crippen molar-refractivity contribution in [2.75, 3.05) is 37.8 Å². The Bertz CT molecular complexity index is 1330. The largest absolute Gasteiger partial charge is 0.491 e. The predicted molar refractivity (Wildman–Crippen MR) is 149 cm³/mol. The van der Waals surface area contributed by atoms with Crippen molar-refractivity contribution in [2.24, 2.45) is 0 Å². The van der Waals surface area contributed by atoms with E-state index in [1.807, 2.05) is 67.6 Å². The van der Waals surface area contributed by atoms with Crippen LogP contribution in [0.25, 0.3) is 21.3 Å². The number of piperazine rings is 1. The molecule has 1 N–H and O–H groups in total. The Morgan fingerprint density at radius 1 is 1.11 bits per heavy atom. The number of aliphatic hydroxyl groups is 1. The molecule has 0 saturated carbocycles. The summed E-state index contributed by atoms with van der Waals surface area (Å²) in [6.45, 7) is 6.97. The minimum Gasteiger partial charge on any atom is -0.491 e. The van der Waals surface area contributed by atoms with Crippen LogP contribution in [0.1, 0.15) is 11.9 Å². The lowest BCUT2D eigenvalue weighted by atomic mass is 10.1. The highest BCUT2D eigenvalue weighted by Gasteiger charge is 2.29. The molecule has 2 heterocycles. The Morgan fingerprint density at radius 3 is 2.59 bits per heavy atom. The summed E-state index contributed by atoms with van der Waals surface area (Å²) in [6.07, 6.45) is 0.262. The van der Waals surface area contributed by atoms with Crippen LogP contribution in [0.5, 0.6) is 5.75 Å². The molecule has 0 aliphatic carbocycles. The van der Waals surface area contributed by atoms with Gasteiger partial charge in [0.15, 0.2) is 0 Å². The van der Waals surface area contributed by atoms with Crippen molar-refractivity contribution in [2.45, 2.75) is 26.0 Å². The summed E-state index contributed by atoms with van der Waals surface area (Å²) in [5.41, 5.74) is 4.03. The molecule has 1 fully saturated rings. The molecule has 0 bridgehead atoms. The van der Waals surface area contributed by atoms with Gasteiger partial charge in [-0.05, 0) is 49.2 Å². The van der Waals surface area contributed by atoms with Crippen LogP contribution in [0.15, 0.2) is 72.8 Å². The van der Waals surface area contributed by atoms with Gasteiger partial charge in [0.2, 0.25) is 6.41 Å². The van der Waals surface area contributed by atoms with Gasteiger partial charge in [-0.25, -0.2) is 15.0 Å². The van der Waals surface area contributed by atoms with E-state index < -0.39 is 6.10 Å². The lowest BCUT2D eigenvalue weighted by Crippen LogP contribution is -2.58. The predicted octanol–water partition coefficient (Wildman–Crippen LogP) is 4.60. The summed E-state index contributed by atoms with van der Waals surface area (Å²) in [5.74, 6) is 0.717. The Hall–Kier alpha value is -3.30. The number of fused-ring (bicyclic) bond motifs is 1. The number of hydrogen-bond acceptors (Lipinski definition) is 7. The topological polar surface area (TPSA) is 69.1 Å². The number of β-amino-alcohol motifs (C(OH)–C–C–N with tert-alkyl or cyclic N) is 1. The van der Waals surface area contributed by atoms with Gasteiger partial charge in [-0.1, -0.05) is 42.5 Å². The van der Waals surface area contributed by atoms with Crippen LogP contribution in [-0.4, -0.2) is 71.3 Å². The molecular formula is C29H32N4O3S. The number of benzene rings is 3. The van der Waals surface area contributed by atoms with Gasteiger partial charge >= 0.3 is 0 Å². The number of rotatable bonds is 9. The summed E-state index contributed by atoms with van der Waals surface area (Å²) in [5, 5.41) is 15.4. The van der Waals surface area contributed by atoms with Crippen LogP contribution in [-0.2, 0) is 4.79 Å². The lowest BCUT2D eigenvalue weighted by molar-refractivity contribution is -0.111. The number of amides is 1. The highest BCUT2D eigenvalue weighted by molar-refractivity contribution is 7.18. The van der Waals surface area contributed by atoms with Crippen molar-refractivity contribution in [3.63, 3.8) is 0 Å². The van der Waals surface area contributed by atoms with Crippen LogP contribution in [0.2, 0.25) is 0 Å². The number of thiazole rings is 1. The molecule has 4 aromatic rings. The minimum absolute atomic E-state index is 0.170. The monoisotopic (exact) mass is 516 g/mol. The van der Waals surface area contributed by atoms with Crippen molar-refractivity contribution in [1.29, 1.82) is 0 Å². The average Bonchev–Trinajstić information content (AvgIpc) is 3.29. The zero-order valence-electron chi connectivity index (χ0n) is 21.2. The molecular weight excluding hydrogens is 484 g/mol. The quantitative estimate of drug-likeness (QED) is 0.328. The fourth-order valence-corrected chi connectivity index (χ4v) is 5.61. The van der Waals surface area contributed by atoms with E-state index in [0.717, 1.165) is 50.7 Å². The Balaban J connectivity index is 1.14. The highest BCUT2D eigenvalue weighted by atomic mass is 32.1. The number of aryl methyl sites for hydroxylation is 1. The van der Waals surface area contributed by atoms with E-state index in [0.29, 0.717) is 19.6 Å². The number of hydrazine groups is 1. The van der Waals surface area contributed by atoms with Crippen LogP contribution < -0.4 is 9.75 Å². The van der Waals surface area contributed by atoms with Gasteiger partial charge < -0.3 is 9.84 Å². The maximum Gasteiger partial charge on any atom is 0.228 e. The second kappa shape index (κ2) is 11.4. The standard InChI is InChI=1S/C29H32N4O3S/c1-21-17-32(33(20-34)25-10-8-24(9-11-25)23-6-4-3-5-7-23)15-14-31(21)18-26(35)19-36-27-12-13-29-28(16-27)30-22(2)37-29/h3-13,16,20-21,26,35H,14-15,17-19H2,1-2H3/t21-,26+/m0/s1. The molecule has 0 radical (unpaired) electrons. The van der Waals surface area contributed by atoms with E-state index in [2.05, 4.69) is 33.9 Å². The Labute approximate surface area is 221 Å². The SMILES string of the molecule is Cc1nc2cc(OC[C@H](O)CN3CCN(N(C=O)c4ccc(-c5ccccc5)cc4)C[C@@H]3C)ccc2s1. The van der Waals surface area contributed by atoms with Gasteiger partial charge in [0.25, 0.3) is 0 Å². The molecule has 7 nitrogen and oxygen atoms in total. The normalized spacial score (nSPS) is 17.5. The number of hydrogen-bond donors (Lipinski definition) is 1. The number of aromatic nitrogens is 1. The van der Waals surface area contributed by atoms with Crippen molar-refractivity contribution in [1.82, 2.24) is 14.9 Å². The first-order valence-electron chi connectivity index (χ1n) is 12.6. The highest BCUT2D eigenvalue weighted by Crippen LogP contribution is 2.26. The third-order valence-corrected chi connectivity index (χ3v) is 7.69. The third-order valence-electron chi connectivity index (χ3n) is 6.74. The molecule has 1 amide bonds. The fourth-order valence-electron chi connectivity index (χ4n) is 4.80. The van der Waals surface area contributed by atoms with E-state index in [-0.39, 0.29) is 12.6 Å². The molecule has 5 rings (SSSR count). The van der Waals surface area contributed by atoms with Gasteiger partial charge in [-0.2, -0.15) is 0 Å². The first-order chi connectivity index (χ1) is 18.0. The molecule has 0 spiro atoms. The van der Waals surface area contributed by atoms with E-state index >= 15 is 0 Å². The van der Waals surface area contributed by atoms with Crippen molar-refractivity contribution in [3.8, 4) is 16.9 Å². The molecule has 1 aliphatic rings. The van der Waals surface area contributed by atoms with Crippen LogP contribution in [0, 0.1) is 6.92 Å². The zero-order valence-corrected chi connectivity index (χ0v) is 22.0. The fraction of sp³-hybridized carbons (Fsp3) is 0.310. The smallest absolute Gasteiger partial charge is 0.228 e. The van der Waals surface area contributed by atoms with E-state index in [1.165, 1.54) is 0 Å². The summed E-state index contributed by atoms with van der Waals surface area (Å²) < 4.78 is 6.99. The number of carbonyl (C=O) groups excluding carboxylic acids is 1. The molecule has 1 aromatic heterocycles. The summed E-state index contributed by atoms with van der Waals surface area (Å²) in [7, 11) is 0. The molecule has 192 valence electrons. The van der Waals surface area contributed by atoms with Gasteiger partial charge in [0.1, 0.15) is 18.5 Å². The first-order valence-corrected chi connectivity index (χ1v) is 13.4. The van der Waals surface area contributed by atoms with Crippen LogP contribution >= 0.6 is 11.3 Å². The number of carbonyl (C=O) groups is 1. The molecule has 8 heteroatoms. The second-order valence-corrected chi connectivity index (χ2v) is 10.7. The third kappa shape index (κ3) is 5.99. The van der Waals surface area contributed by atoms with Crippen molar-refractivity contribution < 1.29 is 14.6 Å². The number of aliphatic hydroxyl groups excluding tert-OH is 1. The summed E-state index contributed by atoms with van der Waals surface area (Å²) >= 11 is 1.66. The molecule has 37 heavy (non-hydrogen) atoms. The molecule has 1 saturated heterocycles. The van der Waals surface area contributed by atoms with E-state index in [1.54, 1.807) is 16.3 Å². The average molecular weight is 517 g/mol. The summed E-state index contributed by atoms with van der Waals surface area (Å²) in [4.78, 5) is 18.8. The van der Waals surface area contributed by atoms with Gasteiger partial charge in [0.05, 0.1) is 20.9 Å². The van der Waals surface area contributed by atoms with E-state index in [9.17, 15) is 9.90 Å². The van der Waals surface area contributed by atoms with Crippen LogP contribution in [0.3, 0.4) is 0 Å². The maximum absolute atomic E-state index is 12.0. The number of ether oxygens (including phenoxy) is 1. The number of nitrogens with zero attached hydrogens (tertiary/aromatic N) is 4. The number of anilines is 1. The molecule has 0 unspecified atom stereocenters. The van der Waals surface area contributed by atoms with E-state index in [4.69, 9.17) is 4.74 Å². The minimum atomic E-state index is -0.616. The van der Waals surface area contributed by atoms with Crippen molar-refractivity contribution in [3.05, 3.63) is 77.8 Å². The Kier molecular flexibility index (Phi) is 7.81. The van der Waals surface area contributed by atoms with Crippen LogP contribution in [0.4, 0.5) is 5.69 Å². The van der Waals surface area contributed by atoms with Crippen molar-refractivity contribution >= 4 is 33.7 Å². The first kappa shape index (κ1) is 25.4. The zero-order chi connectivity index (χ0) is 25.8. The molecule has 2 atom stereocenters. The Morgan fingerprint density at radius 2 is 1.86 bits per heavy atom. The molecule has 3 aromatic carbocycles. The maximum atomic E-state index is 12.0. The van der Waals surface area contributed by atoms with Gasteiger partial charge in [-0.15, -0.1) is 11.3 Å². The lowest BCUT2D eigenvalue weighted by Gasteiger charge is -2.43. The van der Waals surface area contributed by atoms with Gasteiger partial charge in [-0.3, -0.25) is 9.69 Å². The summed E-state index contributed by atoms with van der Waals surface area (Å²) in [6, 6.07) is 24.3. The van der Waals surface area contributed by atoms with Gasteiger partial charge in [0, 0.05) is 38.3 Å².